The zero-order valence-electron chi connectivity index (χ0n) is 9.86. The van der Waals surface area contributed by atoms with Gasteiger partial charge in [-0.1, -0.05) is 30.3 Å². The highest BCUT2D eigenvalue weighted by atomic mass is 16.1. The first-order valence-electron chi connectivity index (χ1n) is 5.68. The predicted octanol–water partition coefficient (Wildman–Crippen LogP) is 1.43. The highest BCUT2D eigenvalue weighted by molar-refractivity contribution is 5.75. The number of rotatable bonds is 7. The molecule has 1 aromatic carbocycles. The van der Waals surface area contributed by atoms with Crippen molar-refractivity contribution in [3.63, 3.8) is 0 Å². The van der Waals surface area contributed by atoms with Crippen molar-refractivity contribution in [2.75, 3.05) is 19.6 Å². The van der Waals surface area contributed by atoms with Gasteiger partial charge < -0.3 is 5.73 Å². The molecule has 0 aliphatic rings. The Hall–Kier alpha value is -1.19. The summed E-state index contributed by atoms with van der Waals surface area (Å²) < 4.78 is 0. The summed E-state index contributed by atoms with van der Waals surface area (Å²) in [5.41, 5.74) is 6.83. The third-order valence-corrected chi connectivity index (χ3v) is 2.47. The molecule has 0 aromatic heterocycles. The van der Waals surface area contributed by atoms with Gasteiger partial charge in [-0.3, -0.25) is 9.69 Å². The van der Waals surface area contributed by atoms with Crippen molar-refractivity contribution in [1.29, 1.82) is 0 Å². The van der Waals surface area contributed by atoms with Gasteiger partial charge in [0.2, 0.25) is 0 Å². The first-order valence-corrected chi connectivity index (χ1v) is 5.68. The summed E-state index contributed by atoms with van der Waals surface area (Å²) in [7, 11) is 0. The molecule has 16 heavy (non-hydrogen) atoms. The maximum atomic E-state index is 10.9. The van der Waals surface area contributed by atoms with Gasteiger partial charge in [0.15, 0.2) is 0 Å². The van der Waals surface area contributed by atoms with Crippen LogP contribution in [-0.2, 0) is 11.3 Å². The molecule has 3 heteroatoms. The Bertz CT molecular complexity index is 311. The molecule has 0 amide bonds. The number of Topliss-reactive ketones (excluding diaryl/α,β-unsaturated/α-hetero) is 1. The number of ketones is 1. The zero-order chi connectivity index (χ0) is 11.8. The van der Waals surface area contributed by atoms with Gasteiger partial charge in [0.25, 0.3) is 0 Å². The lowest BCUT2D eigenvalue weighted by Gasteiger charge is -2.20. The largest absolute Gasteiger partial charge is 0.329 e. The molecular formula is C13H20N2O. The van der Waals surface area contributed by atoms with Crippen LogP contribution in [0.2, 0.25) is 0 Å². The minimum atomic E-state index is 0.232. The van der Waals surface area contributed by atoms with Gasteiger partial charge in [0.05, 0.1) is 0 Å². The van der Waals surface area contributed by atoms with Crippen LogP contribution >= 0.6 is 0 Å². The lowest BCUT2D eigenvalue weighted by atomic mass is 10.2. The molecule has 0 bridgehead atoms. The molecule has 0 aliphatic heterocycles. The number of carbonyl (C=O) groups excluding carboxylic acids is 1. The Morgan fingerprint density at radius 2 is 1.94 bits per heavy atom. The maximum absolute atomic E-state index is 10.9. The SMILES string of the molecule is CC(=O)CCN(CCN)Cc1ccccc1. The number of nitrogens with zero attached hydrogens (tertiary/aromatic N) is 1. The molecule has 0 heterocycles. The Morgan fingerprint density at radius 1 is 1.25 bits per heavy atom. The van der Waals surface area contributed by atoms with Crippen LogP contribution in [0.1, 0.15) is 18.9 Å². The Balaban J connectivity index is 2.47. The van der Waals surface area contributed by atoms with E-state index in [1.165, 1.54) is 5.56 Å². The van der Waals surface area contributed by atoms with E-state index in [1.54, 1.807) is 6.92 Å². The van der Waals surface area contributed by atoms with Gasteiger partial charge in [-0.15, -0.1) is 0 Å². The summed E-state index contributed by atoms with van der Waals surface area (Å²) in [5.74, 6) is 0.232. The normalized spacial score (nSPS) is 10.7. The fraction of sp³-hybridized carbons (Fsp3) is 0.462. The standard InChI is InChI=1S/C13H20N2O/c1-12(16)7-9-15(10-8-14)11-13-5-3-2-4-6-13/h2-6H,7-11,14H2,1H3. The van der Waals surface area contributed by atoms with E-state index < -0.39 is 0 Å². The van der Waals surface area contributed by atoms with Crippen LogP contribution < -0.4 is 5.73 Å². The second-order valence-corrected chi connectivity index (χ2v) is 4.00. The summed E-state index contributed by atoms with van der Waals surface area (Å²) >= 11 is 0. The first-order chi connectivity index (χ1) is 7.72. The molecule has 0 atom stereocenters. The van der Waals surface area contributed by atoms with E-state index >= 15 is 0 Å². The highest BCUT2D eigenvalue weighted by Crippen LogP contribution is 2.04. The van der Waals surface area contributed by atoms with E-state index in [1.807, 2.05) is 18.2 Å². The zero-order valence-corrected chi connectivity index (χ0v) is 9.86. The summed E-state index contributed by atoms with van der Waals surface area (Å²) in [6.07, 6.45) is 0.604. The maximum Gasteiger partial charge on any atom is 0.131 e. The number of hydrogen-bond donors (Lipinski definition) is 1. The van der Waals surface area contributed by atoms with Gasteiger partial charge in [-0.25, -0.2) is 0 Å². The van der Waals surface area contributed by atoms with E-state index in [2.05, 4.69) is 17.0 Å². The molecule has 88 valence electrons. The van der Waals surface area contributed by atoms with E-state index in [0.717, 1.165) is 19.6 Å². The molecular weight excluding hydrogens is 200 g/mol. The molecule has 0 radical (unpaired) electrons. The molecule has 0 spiro atoms. The molecule has 0 unspecified atom stereocenters. The van der Waals surface area contributed by atoms with Crippen molar-refractivity contribution in [2.24, 2.45) is 5.73 Å². The van der Waals surface area contributed by atoms with E-state index in [0.29, 0.717) is 13.0 Å². The molecule has 2 N–H and O–H groups in total. The molecule has 1 aromatic rings. The van der Waals surface area contributed by atoms with Gasteiger partial charge in [0, 0.05) is 32.6 Å². The van der Waals surface area contributed by atoms with Gasteiger partial charge in [-0.05, 0) is 12.5 Å². The molecule has 0 aliphatic carbocycles. The van der Waals surface area contributed by atoms with Gasteiger partial charge in [-0.2, -0.15) is 0 Å². The van der Waals surface area contributed by atoms with Crippen molar-refractivity contribution >= 4 is 5.78 Å². The van der Waals surface area contributed by atoms with Crippen molar-refractivity contribution in [3.05, 3.63) is 35.9 Å². The summed E-state index contributed by atoms with van der Waals surface area (Å²) in [6.45, 7) is 4.75. The Morgan fingerprint density at radius 3 is 2.50 bits per heavy atom. The Kier molecular flexibility index (Phi) is 5.75. The van der Waals surface area contributed by atoms with Crippen LogP contribution in [-0.4, -0.2) is 30.3 Å². The third-order valence-electron chi connectivity index (χ3n) is 2.47. The summed E-state index contributed by atoms with van der Waals surface area (Å²) in [6, 6.07) is 10.3. The quantitative estimate of drug-likeness (QED) is 0.756. The fourth-order valence-electron chi connectivity index (χ4n) is 1.61. The number of hydrogen-bond acceptors (Lipinski definition) is 3. The summed E-state index contributed by atoms with van der Waals surface area (Å²) in [4.78, 5) is 13.2. The minimum Gasteiger partial charge on any atom is -0.329 e. The monoisotopic (exact) mass is 220 g/mol. The van der Waals surface area contributed by atoms with Crippen LogP contribution in [0, 0.1) is 0 Å². The topological polar surface area (TPSA) is 46.3 Å². The van der Waals surface area contributed by atoms with Crippen molar-refractivity contribution in [3.8, 4) is 0 Å². The minimum absolute atomic E-state index is 0.232. The van der Waals surface area contributed by atoms with Gasteiger partial charge >= 0.3 is 0 Å². The number of carbonyl (C=O) groups is 1. The van der Waals surface area contributed by atoms with E-state index in [-0.39, 0.29) is 5.78 Å². The molecule has 3 nitrogen and oxygen atoms in total. The average molecular weight is 220 g/mol. The lowest BCUT2D eigenvalue weighted by molar-refractivity contribution is -0.117. The second-order valence-electron chi connectivity index (χ2n) is 4.00. The van der Waals surface area contributed by atoms with Crippen LogP contribution in [0.3, 0.4) is 0 Å². The van der Waals surface area contributed by atoms with Crippen molar-refractivity contribution < 1.29 is 4.79 Å². The van der Waals surface area contributed by atoms with Crippen LogP contribution in [0.15, 0.2) is 30.3 Å². The highest BCUT2D eigenvalue weighted by Gasteiger charge is 2.05. The lowest BCUT2D eigenvalue weighted by Crippen LogP contribution is -2.30. The number of benzene rings is 1. The van der Waals surface area contributed by atoms with Crippen molar-refractivity contribution in [2.45, 2.75) is 19.9 Å². The predicted molar refractivity (Wildman–Crippen MR) is 66.1 cm³/mol. The smallest absolute Gasteiger partial charge is 0.131 e. The first kappa shape index (κ1) is 12.9. The third kappa shape index (κ3) is 5.05. The van der Waals surface area contributed by atoms with Crippen LogP contribution in [0.5, 0.6) is 0 Å². The average Bonchev–Trinajstić information content (AvgIpc) is 2.27. The Labute approximate surface area is 97.2 Å². The fourth-order valence-corrected chi connectivity index (χ4v) is 1.61. The number of nitrogens with two attached hydrogens (primary N) is 1. The molecule has 0 saturated carbocycles. The van der Waals surface area contributed by atoms with Gasteiger partial charge in [0.1, 0.15) is 5.78 Å². The molecule has 0 fully saturated rings. The van der Waals surface area contributed by atoms with E-state index in [9.17, 15) is 4.79 Å². The molecule has 1 rings (SSSR count). The second kappa shape index (κ2) is 7.14. The summed E-state index contributed by atoms with van der Waals surface area (Å²) in [5, 5.41) is 0. The molecule has 0 saturated heterocycles. The van der Waals surface area contributed by atoms with E-state index in [4.69, 9.17) is 5.73 Å². The van der Waals surface area contributed by atoms with Crippen LogP contribution in [0.4, 0.5) is 0 Å². The van der Waals surface area contributed by atoms with Crippen LogP contribution in [0.25, 0.3) is 0 Å². The van der Waals surface area contributed by atoms with Crippen molar-refractivity contribution in [1.82, 2.24) is 4.90 Å².